The molecule has 3 rings (SSSR count). The monoisotopic (exact) mass is 376 g/mol. The van der Waals surface area contributed by atoms with Crippen molar-refractivity contribution in [2.45, 2.75) is 26.4 Å². The Morgan fingerprint density at radius 3 is 3.00 bits per heavy atom. The number of ether oxygens (including phenoxy) is 2. The van der Waals surface area contributed by atoms with Crippen LogP contribution in [-0.4, -0.2) is 23.6 Å². The van der Waals surface area contributed by atoms with Gasteiger partial charge in [0, 0.05) is 34.9 Å². The quantitative estimate of drug-likeness (QED) is 0.880. The highest BCUT2D eigenvalue weighted by Gasteiger charge is 2.22. The van der Waals surface area contributed by atoms with Crippen molar-refractivity contribution in [2.24, 2.45) is 0 Å². The van der Waals surface area contributed by atoms with Gasteiger partial charge < -0.3 is 14.8 Å². The van der Waals surface area contributed by atoms with Gasteiger partial charge in [-0.2, -0.15) is 0 Å². The van der Waals surface area contributed by atoms with E-state index in [2.05, 4.69) is 26.2 Å². The lowest BCUT2D eigenvalue weighted by atomic mass is 10.1. The molecule has 0 radical (unpaired) electrons. The molecule has 0 saturated heterocycles. The van der Waals surface area contributed by atoms with E-state index in [9.17, 15) is 4.79 Å². The number of hydrogen-bond acceptors (Lipinski definition) is 4. The third-order valence-electron chi connectivity index (χ3n) is 3.51. The highest BCUT2D eigenvalue weighted by molar-refractivity contribution is 9.10. The van der Waals surface area contributed by atoms with Gasteiger partial charge in [0.2, 0.25) is 0 Å². The summed E-state index contributed by atoms with van der Waals surface area (Å²) in [5, 5.41) is 2.88. The molecule has 1 amide bonds. The molecule has 1 aliphatic heterocycles. The van der Waals surface area contributed by atoms with Crippen molar-refractivity contribution in [2.75, 3.05) is 11.9 Å². The average molecular weight is 377 g/mol. The Balaban J connectivity index is 1.89. The van der Waals surface area contributed by atoms with E-state index in [4.69, 9.17) is 9.47 Å². The van der Waals surface area contributed by atoms with Crippen LogP contribution in [0.1, 0.15) is 29.8 Å². The molecule has 0 bridgehead atoms. The molecule has 120 valence electrons. The smallest absolute Gasteiger partial charge is 0.257 e. The SMILES string of the molecule is CCOc1cc2c(cc1NC(=O)c1cncc(Br)c1)OC(C)C2. The maximum atomic E-state index is 12.4. The van der Waals surface area contributed by atoms with Crippen LogP contribution in [0.25, 0.3) is 0 Å². The summed E-state index contributed by atoms with van der Waals surface area (Å²) >= 11 is 3.32. The van der Waals surface area contributed by atoms with E-state index in [0.717, 1.165) is 22.2 Å². The van der Waals surface area contributed by atoms with Crippen molar-refractivity contribution in [1.82, 2.24) is 4.98 Å². The number of aromatic nitrogens is 1. The molecule has 0 spiro atoms. The zero-order chi connectivity index (χ0) is 16.4. The molecule has 5 nitrogen and oxygen atoms in total. The number of pyridine rings is 1. The van der Waals surface area contributed by atoms with Gasteiger partial charge in [0.15, 0.2) is 0 Å². The Kier molecular flexibility index (Phi) is 4.52. The molecule has 1 aromatic carbocycles. The number of carbonyl (C=O) groups excluding carboxylic acids is 1. The topological polar surface area (TPSA) is 60.5 Å². The number of nitrogens with one attached hydrogen (secondary N) is 1. The minimum atomic E-state index is -0.245. The van der Waals surface area contributed by atoms with Crippen LogP contribution in [0.5, 0.6) is 11.5 Å². The molecule has 0 fully saturated rings. The second-order valence-corrected chi connectivity index (χ2v) is 6.28. The van der Waals surface area contributed by atoms with E-state index in [0.29, 0.717) is 23.6 Å². The van der Waals surface area contributed by atoms with E-state index < -0.39 is 0 Å². The molecule has 1 unspecified atom stereocenters. The summed E-state index contributed by atoms with van der Waals surface area (Å²) in [6, 6.07) is 5.48. The number of nitrogens with zero attached hydrogens (tertiary/aromatic N) is 1. The molecule has 2 heterocycles. The van der Waals surface area contributed by atoms with Crippen LogP contribution < -0.4 is 14.8 Å². The predicted octanol–water partition coefficient (Wildman–Crippen LogP) is 3.82. The number of halogens is 1. The molecular weight excluding hydrogens is 360 g/mol. The highest BCUT2D eigenvalue weighted by Crippen LogP contribution is 2.38. The third kappa shape index (κ3) is 3.47. The van der Waals surface area contributed by atoms with Crippen molar-refractivity contribution in [3.63, 3.8) is 0 Å². The van der Waals surface area contributed by atoms with E-state index >= 15 is 0 Å². The number of hydrogen-bond donors (Lipinski definition) is 1. The fourth-order valence-electron chi connectivity index (χ4n) is 2.54. The lowest BCUT2D eigenvalue weighted by Gasteiger charge is -2.13. The summed E-state index contributed by atoms with van der Waals surface area (Å²) in [7, 11) is 0. The van der Waals surface area contributed by atoms with Gasteiger partial charge >= 0.3 is 0 Å². The van der Waals surface area contributed by atoms with Gasteiger partial charge in [-0.3, -0.25) is 9.78 Å². The first-order chi connectivity index (χ1) is 11.1. The van der Waals surface area contributed by atoms with Crippen LogP contribution >= 0.6 is 15.9 Å². The molecule has 6 heteroatoms. The van der Waals surface area contributed by atoms with Gasteiger partial charge in [-0.1, -0.05) is 0 Å². The van der Waals surface area contributed by atoms with Crippen molar-refractivity contribution in [3.8, 4) is 11.5 Å². The minimum absolute atomic E-state index is 0.139. The molecular formula is C17H17BrN2O3. The van der Waals surface area contributed by atoms with Gasteiger partial charge in [-0.25, -0.2) is 0 Å². The molecule has 2 aromatic rings. The predicted molar refractivity (Wildman–Crippen MR) is 91.3 cm³/mol. The van der Waals surface area contributed by atoms with E-state index in [1.165, 1.54) is 6.20 Å². The van der Waals surface area contributed by atoms with Crippen molar-refractivity contribution in [1.29, 1.82) is 0 Å². The average Bonchev–Trinajstić information content (AvgIpc) is 2.87. The number of benzene rings is 1. The zero-order valence-corrected chi connectivity index (χ0v) is 14.5. The number of rotatable bonds is 4. The summed E-state index contributed by atoms with van der Waals surface area (Å²) in [5.41, 5.74) is 2.17. The number of fused-ring (bicyclic) bond motifs is 1. The van der Waals surface area contributed by atoms with E-state index in [1.807, 2.05) is 26.0 Å². The Morgan fingerprint density at radius 2 is 2.26 bits per heavy atom. The van der Waals surface area contributed by atoms with Gasteiger partial charge in [0.1, 0.15) is 17.6 Å². The maximum absolute atomic E-state index is 12.4. The largest absolute Gasteiger partial charge is 0.492 e. The summed E-state index contributed by atoms with van der Waals surface area (Å²) in [5.74, 6) is 1.20. The zero-order valence-electron chi connectivity index (χ0n) is 12.9. The Morgan fingerprint density at radius 1 is 1.43 bits per heavy atom. The number of anilines is 1. The second-order valence-electron chi connectivity index (χ2n) is 5.37. The molecule has 1 atom stereocenters. The normalized spacial score (nSPS) is 15.7. The summed E-state index contributed by atoms with van der Waals surface area (Å²) < 4.78 is 12.2. The molecule has 1 N–H and O–H groups in total. The van der Waals surface area contributed by atoms with Gasteiger partial charge in [0.25, 0.3) is 5.91 Å². The Bertz CT molecular complexity index is 749. The number of carbonyl (C=O) groups is 1. The fraction of sp³-hybridized carbons (Fsp3) is 0.294. The van der Waals surface area contributed by atoms with Crippen LogP contribution in [0, 0.1) is 0 Å². The van der Waals surface area contributed by atoms with Gasteiger partial charge in [0.05, 0.1) is 17.9 Å². The molecule has 23 heavy (non-hydrogen) atoms. The minimum Gasteiger partial charge on any atom is -0.492 e. The van der Waals surface area contributed by atoms with Crippen molar-refractivity contribution in [3.05, 3.63) is 46.2 Å². The van der Waals surface area contributed by atoms with Crippen molar-refractivity contribution >= 4 is 27.5 Å². The summed E-state index contributed by atoms with van der Waals surface area (Å²) in [6.07, 6.45) is 4.14. The Labute approximate surface area is 143 Å². The lowest BCUT2D eigenvalue weighted by Crippen LogP contribution is -2.13. The van der Waals surface area contributed by atoms with Gasteiger partial charge in [-0.15, -0.1) is 0 Å². The van der Waals surface area contributed by atoms with Gasteiger partial charge in [-0.05, 0) is 41.9 Å². The standard InChI is InChI=1S/C17H17BrN2O3/c1-3-22-16-6-11-4-10(2)23-15(11)7-14(16)20-17(21)12-5-13(18)9-19-8-12/h5-10H,3-4H2,1-2H3,(H,20,21). The van der Waals surface area contributed by atoms with Crippen LogP contribution in [0.2, 0.25) is 0 Å². The first-order valence-corrected chi connectivity index (χ1v) is 8.24. The van der Waals surface area contributed by atoms with E-state index in [-0.39, 0.29) is 12.0 Å². The van der Waals surface area contributed by atoms with Crippen LogP contribution in [0.4, 0.5) is 5.69 Å². The number of amides is 1. The van der Waals surface area contributed by atoms with E-state index in [1.54, 1.807) is 12.3 Å². The molecule has 1 aliphatic rings. The second kappa shape index (κ2) is 6.58. The fourth-order valence-corrected chi connectivity index (χ4v) is 2.91. The third-order valence-corrected chi connectivity index (χ3v) is 3.95. The molecule has 0 aliphatic carbocycles. The summed E-state index contributed by atoms with van der Waals surface area (Å²) in [6.45, 7) is 4.46. The van der Waals surface area contributed by atoms with Crippen molar-refractivity contribution < 1.29 is 14.3 Å². The highest BCUT2D eigenvalue weighted by atomic mass is 79.9. The molecule has 1 aromatic heterocycles. The molecule has 0 saturated carbocycles. The van der Waals surface area contributed by atoms with Crippen LogP contribution in [0.3, 0.4) is 0 Å². The lowest BCUT2D eigenvalue weighted by molar-refractivity contribution is 0.102. The van der Waals surface area contributed by atoms with Crippen LogP contribution in [0.15, 0.2) is 35.1 Å². The maximum Gasteiger partial charge on any atom is 0.257 e. The van der Waals surface area contributed by atoms with Crippen LogP contribution in [-0.2, 0) is 6.42 Å². The summed E-state index contributed by atoms with van der Waals surface area (Å²) in [4.78, 5) is 16.4. The Hall–Kier alpha value is -2.08. The first kappa shape index (κ1) is 15.8. The first-order valence-electron chi connectivity index (χ1n) is 7.45.